The highest BCUT2D eigenvalue weighted by Gasteiger charge is 2.45. The van der Waals surface area contributed by atoms with E-state index in [1.54, 1.807) is 29.7 Å². The number of cyclic esters (lactones) is 1. The van der Waals surface area contributed by atoms with E-state index in [2.05, 4.69) is 5.32 Å². The Morgan fingerprint density at radius 3 is 2.84 bits per heavy atom. The number of aliphatic hydroxyl groups is 2. The number of aliphatic hydroxyl groups excluding tert-OH is 1. The summed E-state index contributed by atoms with van der Waals surface area (Å²) < 4.78 is 6.65. The molecule has 2 aliphatic heterocycles. The second kappa shape index (κ2) is 7.40. The highest BCUT2D eigenvalue weighted by Crippen LogP contribution is 2.39. The second-order valence-corrected chi connectivity index (χ2v) is 8.14. The molecule has 0 bridgehead atoms. The van der Waals surface area contributed by atoms with Crippen LogP contribution in [0, 0.1) is 0 Å². The topological polar surface area (TPSA) is 134 Å². The molecule has 0 saturated heterocycles. The third-order valence-corrected chi connectivity index (χ3v) is 6.35. The van der Waals surface area contributed by atoms with Gasteiger partial charge in [-0.25, -0.2) is 9.78 Å². The summed E-state index contributed by atoms with van der Waals surface area (Å²) in [5.41, 5.74) is 1.48. The van der Waals surface area contributed by atoms with Crippen molar-refractivity contribution in [2.45, 2.75) is 38.6 Å². The molecular weight excluding hydrogens is 414 g/mol. The Balaban J connectivity index is 1.65. The van der Waals surface area contributed by atoms with Crippen molar-refractivity contribution < 1.29 is 24.9 Å². The highest BCUT2D eigenvalue weighted by atomic mass is 16.6. The number of hydrogen-bond donors (Lipinski definition) is 4. The summed E-state index contributed by atoms with van der Waals surface area (Å²) in [6, 6.07) is 7.05. The fraction of sp³-hybridized carbons (Fsp3) is 0.348. The first-order valence-electron chi connectivity index (χ1n) is 10.5. The summed E-state index contributed by atoms with van der Waals surface area (Å²) in [6.45, 7) is 2.58. The zero-order valence-electron chi connectivity index (χ0n) is 17.5. The Morgan fingerprint density at radius 1 is 1.28 bits per heavy atom. The molecular formula is C23H23N3O6. The van der Waals surface area contributed by atoms with E-state index >= 15 is 0 Å². The number of carbonyl (C=O) groups excluding carboxylic acids is 1. The molecule has 166 valence electrons. The van der Waals surface area contributed by atoms with Crippen molar-refractivity contribution in [3.8, 4) is 17.1 Å². The average molecular weight is 437 g/mol. The van der Waals surface area contributed by atoms with Crippen LogP contribution >= 0.6 is 0 Å². The van der Waals surface area contributed by atoms with Crippen molar-refractivity contribution in [1.29, 1.82) is 0 Å². The van der Waals surface area contributed by atoms with Crippen LogP contribution in [-0.4, -0.2) is 44.0 Å². The molecule has 32 heavy (non-hydrogen) atoms. The van der Waals surface area contributed by atoms with Gasteiger partial charge < -0.3 is 29.9 Å². The number of aromatic nitrogens is 2. The molecule has 1 atom stereocenters. The third kappa shape index (κ3) is 2.85. The van der Waals surface area contributed by atoms with Crippen molar-refractivity contribution >= 4 is 16.9 Å². The van der Waals surface area contributed by atoms with E-state index in [0.717, 1.165) is 5.56 Å². The largest absolute Gasteiger partial charge is 0.507 e. The minimum atomic E-state index is -1.86. The maximum absolute atomic E-state index is 13.2. The number of rotatable bonds is 5. The monoisotopic (exact) mass is 437 g/mol. The number of esters is 1. The maximum atomic E-state index is 13.2. The standard InChI is InChI=1S/C23H23N3O6/c1-2-23(31)16-8-18-19-13(10-26(18)21(29)15(16)11-32-22(23)30)7-14-17(25-19)4-3-12(20(14)28)9-24-5-6-27/h3-4,7-8,24,27-28,31H,2,5-6,9-11H2,1H3/t23-/m0/s1. The number of nitrogens with zero attached hydrogens (tertiary/aromatic N) is 2. The van der Waals surface area contributed by atoms with Crippen molar-refractivity contribution in [2.75, 3.05) is 13.2 Å². The molecule has 2 aromatic heterocycles. The lowest BCUT2D eigenvalue weighted by molar-refractivity contribution is -0.172. The van der Waals surface area contributed by atoms with Gasteiger partial charge in [0.2, 0.25) is 0 Å². The van der Waals surface area contributed by atoms with E-state index in [1.807, 2.05) is 6.07 Å². The van der Waals surface area contributed by atoms with Gasteiger partial charge in [-0.1, -0.05) is 13.0 Å². The van der Waals surface area contributed by atoms with Gasteiger partial charge in [0.1, 0.15) is 12.4 Å². The van der Waals surface area contributed by atoms with Gasteiger partial charge in [-0.15, -0.1) is 0 Å². The zero-order valence-corrected chi connectivity index (χ0v) is 17.5. The lowest BCUT2D eigenvalue weighted by atomic mass is 9.86. The van der Waals surface area contributed by atoms with Gasteiger partial charge in [0.15, 0.2) is 5.60 Å². The van der Waals surface area contributed by atoms with Gasteiger partial charge in [0.25, 0.3) is 5.56 Å². The molecule has 2 aliphatic rings. The Labute approximate surface area is 182 Å². The average Bonchev–Trinajstić information content (AvgIpc) is 3.15. The number of fused-ring (bicyclic) bond motifs is 5. The van der Waals surface area contributed by atoms with Crippen LogP contribution in [0.1, 0.15) is 35.6 Å². The lowest BCUT2D eigenvalue weighted by Gasteiger charge is -2.31. The van der Waals surface area contributed by atoms with Crippen molar-refractivity contribution in [3.05, 3.63) is 56.9 Å². The summed E-state index contributed by atoms with van der Waals surface area (Å²) in [7, 11) is 0. The van der Waals surface area contributed by atoms with Crippen LogP contribution in [-0.2, 0) is 34.8 Å². The molecule has 0 fully saturated rings. The van der Waals surface area contributed by atoms with Crippen molar-refractivity contribution in [3.63, 3.8) is 0 Å². The van der Waals surface area contributed by atoms with Crippen molar-refractivity contribution in [2.24, 2.45) is 0 Å². The molecule has 9 heteroatoms. The smallest absolute Gasteiger partial charge is 0.343 e. The minimum absolute atomic E-state index is 0.00415. The number of aromatic hydroxyl groups is 1. The summed E-state index contributed by atoms with van der Waals surface area (Å²) in [5, 5.41) is 34.2. The molecule has 4 heterocycles. The van der Waals surface area contributed by atoms with Crippen LogP contribution in [0.25, 0.3) is 22.3 Å². The molecule has 9 nitrogen and oxygen atoms in total. The summed E-state index contributed by atoms with van der Waals surface area (Å²) in [4.78, 5) is 30.2. The first-order valence-corrected chi connectivity index (χ1v) is 10.5. The van der Waals surface area contributed by atoms with Gasteiger partial charge in [-0.3, -0.25) is 4.79 Å². The molecule has 0 unspecified atom stereocenters. The van der Waals surface area contributed by atoms with Crippen LogP contribution in [0.15, 0.2) is 29.1 Å². The fourth-order valence-electron chi connectivity index (χ4n) is 4.53. The molecule has 0 aliphatic carbocycles. The fourth-order valence-corrected chi connectivity index (χ4v) is 4.53. The predicted molar refractivity (Wildman–Crippen MR) is 115 cm³/mol. The summed E-state index contributed by atoms with van der Waals surface area (Å²) in [6.07, 6.45) is 0.0840. The maximum Gasteiger partial charge on any atom is 0.343 e. The molecule has 0 amide bonds. The molecule has 0 spiro atoms. The van der Waals surface area contributed by atoms with Gasteiger partial charge in [0, 0.05) is 35.2 Å². The van der Waals surface area contributed by atoms with Crippen LogP contribution in [0.3, 0.4) is 0 Å². The molecule has 3 aromatic rings. The Morgan fingerprint density at radius 2 is 2.09 bits per heavy atom. The van der Waals surface area contributed by atoms with Gasteiger partial charge in [-0.2, -0.15) is 0 Å². The van der Waals surface area contributed by atoms with E-state index in [-0.39, 0.29) is 48.6 Å². The number of phenols is 1. The molecule has 5 rings (SSSR count). The molecule has 4 N–H and O–H groups in total. The number of ether oxygens (including phenoxy) is 1. The number of phenolic OH excluding ortho intramolecular Hbond substituents is 1. The van der Waals surface area contributed by atoms with E-state index in [4.69, 9.17) is 14.8 Å². The number of benzene rings is 1. The van der Waals surface area contributed by atoms with E-state index in [9.17, 15) is 19.8 Å². The highest BCUT2D eigenvalue weighted by molar-refractivity contribution is 5.90. The normalized spacial score (nSPS) is 18.9. The molecule has 0 radical (unpaired) electrons. The Bertz CT molecular complexity index is 1330. The third-order valence-electron chi connectivity index (χ3n) is 6.35. The van der Waals surface area contributed by atoms with Gasteiger partial charge in [-0.05, 0) is 24.6 Å². The van der Waals surface area contributed by atoms with Gasteiger partial charge in [0.05, 0.1) is 35.6 Å². The zero-order chi connectivity index (χ0) is 22.6. The second-order valence-electron chi connectivity index (χ2n) is 8.14. The lowest BCUT2D eigenvalue weighted by Crippen LogP contribution is -2.44. The van der Waals surface area contributed by atoms with Crippen LogP contribution < -0.4 is 10.9 Å². The van der Waals surface area contributed by atoms with Crippen LogP contribution in [0.2, 0.25) is 0 Å². The number of pyridine rings is 2. The molecule has 1 aromatic carbocycles. The van der Waals surface area contributed by atoms with Crippen LogP contribution in [0.4, 0.5) is 0 Å². The van der Waals surface area contributed by atoms with E-state index < -0.39 is 11.6 Å². The Kier molecular flexibility index (Phi) is 4.77. The number of nitrogens with one attached hydrogen (secondary N) is 1. The van der Waals surface area contributed by atoms with E-state index in [1.165, 1.54) is 0 Å². The quantitative estimate of drug-likeness (QED) is 0.267. The minimum Gasteiger partial charge on any atom is -0.507 e. The van der Waals surface area contributed by atoms with Gasteiger partial charge >= 0.3 is 5.97 Å². The molecule has 0 saturated carbocycles. The Hall–Kier alpha value is -3.27. The van der Waals surface area contributed by atoms with Crippen LogP contribution in [0.5, 0.6) is 5.75 Å². The first kappa shape index (κ1) is 20.6. The first-order chi connectivity index (χ1) is 15.4. The summed E-state index contributed by atoms with van der Waals surface area (Å²) >= 11 is 0. The predicted octanol–water partition coefficient (Wildman–Crippen LogP) is 0.867. The van der Waals surface area contributed by atoms with Crippen molar-refractivity contribution in [1.82, 2.24) is 14.9 Å². The SMILES string of the molecule is CC[C@@]1(O)C(=O)OCc2c1cc1n(c2=O)Cc2cc3c(O)c(CNCCO)ccc3nc2-1. The number of carbonyl (C=O) groups is 1. The number of hydrogen-bond acceptors (Lipinski definition) is 8. The summed E-state index contributed by atoms with van der Waals surface area (Å²) in [5.74, 6) is -0.654. The van der Waals surface area contributed by atoms with E-state index in [0.29, 0.717) is 40.9 Å².